The summed E-state index contributed by atoms with van der Waals surface area (Å²) in [5.41, 5.74) is 6.27. The number of benzene rings is 5. The van der Waals surface area contributed by atoms with E-state index in [9.17, 15) is 0 Å². The molecule has 2 nitrogen and oxygen atoms in total. The van der Waals surface area contributed by atoms with E-state index in [2.05, 4.69) is 87.5 Å². The molecule has 5 aromatic rings. The van der Waals surface area contributed by atoms with Gasteiger partial charge in [-0.1, -0.05) is 81.4 Å². The summed E-state index contributed by atoms with van der Waals surface area (Å²) in [5.74, 6) is 1.73. The summed E-state index contributed by atoms with van der Waals surface area (Å²) < 4.78 is 10.8. The van der Waals surface area contributed by atoms with Gasteiger partial charge in [-0.2, -0.15) is 0 Å². The van der Waals surface area contributed by atoms with Gasteiger partial charge in [0.1, 0.15) is 11.5 Å². The van der Waals surface area contributed by atoms with Gasteiger partial charge in [-0.3, -0.25) is 0 Å². The van der Waals surface area contributed by atoms with Gasteiger partial charge >= 0.3 is 0 Å². The highest BCUT2D eigenvalue weighted by atomic mass is 16.5. The van der Waals surface area contributed by atoms with Gasteiger partial charge in [0, 0.05) is 0 Å². The predicted octanol–water partition coefficient (Wildman–Crippen LogP) is 8.64. The molecule has 0 spiro atoms. The van der Waals surface area contributed by atoms with Crippen LogP contribution in [-0.2, 0) is 5.41 Å². The van der Waals surface area contributed by atoms with Crippen LogP contribution >= 0.6 is 0 Å². The maximum absolute atomic E-state index is 5.43. The van der Waals surface area contributed by atoms with Gasteiger partial charge in [-0.05, 0) is 85.1 Å². The molecule has 5 aromatic carbocycles. The fourth-order valence-electron chi connectivity index (χ4n) is 4.78. The van der Waals surface area contributed by atoms with Crippen LogP contribution in [0.1, 0.15) is 26.3 Å². The van der Waals surface area contributed by atoms with E-state index in [4.69, 9.17) is 9.47 Å². The molecule has 0 aliphatic carbocycles. The molecule has 0 fully saturated rings. The van der Waals surface area contributed by atoms with Crippen molar-refractivity contribution in [2.75, 3.05) is 14.2 Å². The van der Waals surface area contributed by atoms with Crippen LogP contribution in [0.15, 0.2) is 91.0 Å². The quantitative estimate of drug-likeness (QED) is 0.257. The maximum Gasteiger partial charge on any atom is 0.118 e. The van der Waals surface area contributed by atoms with E-state index < -0.39 is 0 Å². The fraction of sp³-hybridized carbons (Fsp3) is 0.188. The Labute approximate surface area is 201 Å². The summed E-state index contributed by atoms with van der Waals surface area (Å²) in [4.78, 5) is 0. The van der Waals surface area contributed by atoms with Crippen molar-refractivity contribution in [3.05, 3.63) is 96.6 Å². The second-order valence-corrected chi connectivity index (χ2v) is 9.76. The fourth-order valence-corrected chi connectivity index (χ4v) is 4.78. The zero-order valence-corrected chi connectivity index (χ0v) is 20.5. The van der Waals surface area contributed by atoms with Crippen molar-refractivity contribution in [3.63, 3.8) is 0 Å². The van der Waals surface area contributed by atoms with Crippen LogP contribution in [0.2, 0.25) is 0 Å². The Hall–Kier alpha value is -3.78. The Morgan fingerprint density at radius 1 is 0.500 bits per heavy atom. The number of ether oxygens (including phenoxy) is 2. The van der Waals surface area contributed by atoms with Gasteiger partial charge in [0.05, 0.1) is 14.2 Å². The van der Waals surface area contributed by atoms with Crippen molar-refractivity contribution in [2.24, 2.45) is 0 Å². The van der Waals surface area contributed by atoms with Crippen molar-refractivity contribution < 1.29 is 9.47 Å². The highest BCUT2D eigenvalue weighted by Crippen LogP contribution is 2.45. The molecule has 0 saturated carbocycles. The first-order valence-electron chi connectivity index (χ1n) is 11.7. The van der Waals surface area contributed by atoms with Gasteiger partial charge in [0.15, 0.2) is 0 Å². The number of methoxy groups -OCH3 is 2. The molecule has 0 aromatic heterocycles. The van der Waals surface area contributed by atoms with E-state index in [-0.39, 0.29) is 5.41 Å². The van der Waals surface area contributed by atoms with Crippen molar-refractivity contribution in [1.82, 2.24) is 0 Å². The third-order valence-corrected chi connectivity index (χ3v) is 6.65. The van der Waals surface area contributed by atoms with E-state index in [1.54, 1.807) is 14.2 Å². The Bertz CT molecular complexity index is 1470. The Morgan fingerprint density at radius 3 is 1.38 bits per heavy atom. The van der Waals surface area contributed by atoms with E-state index in [0.29, 0.717) is 0 Å². The molecule has 0 aliphatic heterocycles. The average Bonchev–Trinajstić information content (AvgIpc) is 2.86. The van der Waals surface area contributed by atoms with Gasteiger partial charge in [0.25, 0.3) is 0 Å². The minimum atomic E-state index is 0.0529. The minimum absolute atomic E-state index is 0.0529. The largest absolute Gasteiger partial charge is 0.497 e. The van der Waals surface area contributed by atoms with Crippen molar-refractivity contribution >= 4 is 21.5 Å². The van der Waals surface area contributed by atoms with Gasteiger partial charge < -0.3 is 9.47 Å². The van der Waals surface area contributed by atoms with Crippen molar-refractivity contribution in [2.45, 2.75) is 26.2 Å². The second-order valence-electron chi connectivity index (χ2n) is 9.76. The Balaban J connectivity index is 1.92. The van der Waals surface area contributed by atoms with E-state index in [1.165, 1.54) is 49.4 Å². The topological polar surface area (TPSA) is 18.5 Å². The molecule has 0 bridgehead atoms. The molecule has 0 atom stereocenters. The smallest absolute Gasteiger partial charge is 0.118 e. The molecule has 2 heteroatoms. The number of fused-ring (bicyclic) bond motifs is 2. The Morgan fingerprint density at radius 2 is 0.941 bits per heavy atom. The Kier molecular flexibility index (Phi) is 5.53. The number of hydrogen-bond acceptors (Lipinski definition) is 2. The molecule has 0 N–H and O–H groups in total. The number of hydrogen-bond donors (Lipinski definition) is 0. The van der Waals surface area contributed by atoms with E-state index in [0.717, 1.165) is 11.5 Å². The molecule has 0 amide bonds. The summed E-state index contributed by atoms with van der Waals surface area (Å²) in [7, 11) is 3.41. The van der Waals surface area contributed by atoms with Gasteiger partial charge in [-0.15, -0.1) is 0 Å². The molecule has 5 rings (SSSR count). The standard InChI is InChI=1S/C32H30O2/c1-32(2,3)23-14-19-28-29(20-23)31(22-12-17-25(34-5)18-13-22)27-9-7-6-8-26(27)30(28)21-10-15-24(33-4)16-11-21/h6-20H,1-5H3. The lowest BCUT2D eigenvalue weighted by Crippen LogP contribution is -2.10. The SMILES string of the molecule is COc1ccc(-c2c3ccccc3c(-c3ccc(OC)cc3)c3cc(C(C)(C)C)ccc23)cc1. The first-order chi connectivity index (χ1) is 16.4. The highest BCUT2D eigenvalue weighted by Gasteiger charge is 2.20. The molecule has 0 heterocycles. The minimum Gasteiger partial charge on any atom is -0.497 e. The van der Waals surface area contributed by atoms with Crippen molar-refractivity contribution in [3.8, 4) is 33.8 Å². The number of rotatable bonds is 4. The van der Waals surface area contributed by atoms with Gasteiger partial charge in [-0.25, -0.2) is 0 Å². The molecule has 0 unspecified atom stereocenters. The second kappa shape index (κ2) is 8.53. The molecule has 0 saturated heterocycles. The lowest BCUT2D eigenvalue weighted by molar-refractivity contribution is 0.415. The molecular weight excluding hydrogens is 416 g/mol. The third-order valence-electron chi connectivity index (χ3n) is 6.65. The first-order valence-corrected chi connectivity index (χ1v) is 11.7. The van der Waals surface area contributed by atoms with Crippen LogP contribution in [0.25, 0.3) is 43.8 Å². The van der Waals surface area contributed by atoms with Crippen LogP contribution in [-0.4, -0.2) is 14.2 Å². The molecular formula is C32H30O2. The monoisotopic (exact) mass is 446 g/mol. The van der Waals surface area contributed by atoms with Crippen LogP contribution in [0.4, 0.5) is 0 Å². The van der Waals surface area contributed by atoms with Crippen LogP contribution in [0, 0.1) is 0 Å². The van der Waals surface area contributed by atoms with Crippen LogP contribution in [0.3, 0.4) is 0 Å². The summed E-state index contributed by atoms with van der Waals surface area (Å²) in [6.07, 6.45) is 0. The lowest BCUT2D eigenvalue weighted by Gasteiger charge is -2.23. The first kappa shape index (κ1) is 22.0. The summed E-state index contributed by atoms with van der Waals surface area (Å²) in [6, 6.07) is 32.5. The molecule has 170 valence electrons. The molecule has 34 heavy (non-hydrogen) atoms. The summed E-state index contributed by atoms with van der Waals surface area (Å²) in [6.45, 7) is 6.81. The van der Waals surface area contributed by atoms with Crippen molar-refractivity contribution in [1.29, 1.82) is 0 Å². The van der Waals surface area contributed by atoms with E-state index in [1.807, 2.05) is 24.3 Å². The highest BCUT2D eigenvalue weighted by molar-refractivity contribution is 6.21. The zero-order valence-electron chi connectivity index (χ0n) is 20.5. The molecule has 0 aliphatic rings. The maximum atomic E-state index is 5.43. The lowest BCUT2D eigenvalue weighted by atomic mass is 9.81. The average molecular weight is 447 g/mol. The van der Waals surface area contributed by atoms with Crippen LogP contribution in [0.5, 0.6) is 11.5 Å². The summed E-state index contributed by atoms with van der Waals surface area (Å²) >= 11 is 0. The van der Waals surface area contributed by atoms with Gasteiger partial charge in [0.2, 0.25) is 0 Å². The zero-order chi connectivity index (χ0) is 23.9. The molecule has 0 radical (unpaired) electrons. The normalized spacial score (nSPS) is 11.7. The predicted molar refractivity (Wildman–Crippen MR) is 144 cm³/mol. The van der Waals surface area contributed by atoms with E-state index >= 15 is 0 Å². The third kappa shape index (κ3) is 3.80. The van der Waals surface area contributed by atoms with Crippen LogP contribution < -0.4 is 9.47 Å². The summed E-state index contributed by atoms with van der Waals surface area (Å²) in [5, 5.41) is 5.01.